The third kappa shape index (κ3) is 3.11. The molecule has 0 saturated carbocycles. The van der Waals surface area contributed by atoms with E-state index in [0.717, 1.165) is 32.0 Å². The first-order valence-corrected chi connectivity index (χ1v) is 8.46. The van der Waals surface area contributed by atoms with Crippen LogP contribution in [0.2, 0.25) is 0 Å². The molecular formula is C21H21N3. The van der Waals surface area contributed by atoms with Crippen molar-refractivity contribution in [3.63, 3.8) is 0 Å². The normalized spacial score (nSPS) is 14.7. The van der Waals surface area contributed by atoms with Crippen molar-refractivity contribution in [2.45, 2.75) is 0 Å². The Morgan fingerprint density at radius 3 is 1.88 bits per heavy atom. The van der Waals surface area contributed by atoms with Gasteiger partial charge in [0.05, 0.1) is 0 Å². The molecule has 4 rings (SSSR count). The second kappa shape index (κ2) is 6.75. The van der Waals surface area contributed by atoms with Crippen LogP contribution in [0.25, 0.3) is 11.1 Å². The average Bonchev–Trinajstić information content (AvgIpc) is 2.70. The van der Waals surface area contributed by atoms with Crippen molar-refractivity contribution in [1.29, 1.82) is 0 Å². The van der Waals surface area contributed by atoms with Gasteiger partial charge in [-0.15, -0.1) is 0 Å². The number of hydrogen-bond acceptors (Lipinski definition) is 3. The number of nitrogens with zero attached hydrogens (tertiary/aromatic N) is 3. The van der Waals surface area contributed by atoms with Crippen LogP contribution in [0.1, 0.15) is 0 Å². The highest BCUT2D eigenvalue weighted by atomic mass is 15.3. The predicted octanol–water partition coefficient (Wildman–Crippen LogP) is 4.08. The van der Waals surface area contributed by atoms with E-state index in [1.807, 2.05) is 12.3 Å². The van der Waals surface area contributed by atoms with E-state index in [1.165, 1.54) is 16.8 Å². The maximum atomic E-state index is 4.45. The minimum absolute atomic E-state index is 1.01. The minimum atomic E-state index is 1.01. The van der Waals surface area contributed by atoms with Gasteiger partial charge < -0.3 is 9.80 Å². The molecule has 2 aromatic carbocycles. The molecule has 0 unspecified atom stereocenters. The molecule has 0 radical (unpaired) electrons. The highest BCUT2D eigenvalue weighted by Gasteiger charge is 2.18. The minimum Gasteiger partial charge on any atom is -0.368 e. The Labute approximate surface area is 143 Å². The first-order chi connectivity index (χ1) is 11.9. The van der Waals surface area contributed by atoms with E-state index in [1.54, 1.807) is 0 Å². The van der Waals surface area contributed by atoms with Crippen LogP contribution in [0.15, 0.2) is 79.0 Å². The molecule has 1 aliphatic heterocycles. The standard InChI is InChI=1S/C21H21N3/c1-2-6-18(7-3-1)19-9-11-20(12-10-19)23-14-16-24(17-15-23)21-8-4-5-13-22-21/h1-13H,14-17H2. The Morgan fingerprint density at radius 2 is 1.21 bits per heavy atom. The lowest BCUT2D eigenvalue weighted by Gasteiger charge is -2.36. The van der Waals surface area contributed by atoms with Crippen LogP contribution in [0.4, 0.5) is 11.5 Å². The molecule has 3 heteroatoms. The van der Waals surface area contributed by atoms with Crippen molar-refractivity contribution in [2.24, 2.45) is 0 Å². The van der Waals surface area contributed by atoms with Gasteiger partial charge in [0.25, 0.3) is 0 Å². The fourth-order valence-electron chi connectivity index (χ4n) is 3.23. The zero-order valence-electron chi connectivity index (χ0n) is 13.7. The molecule has 3 aromatic rings. The number of rotatable bonds is 3. The van der Waals surface area contributed by atoms with Gasteiger partial charge in [-0.25, -0.2) is 4.98 Å². The van der Waals surface area contributed by atoms with E-state index >= 15 is 0 Å². The van der Waals surface area contributed by atoms with Gasteiger partial charge in [-0.3, -0.25) is 0 Å². The van der Waals surface area contributed by atoms with Crippen molar-refractivity contribution in [2.75, 3.05) is 36.0 Å². The fourth-order valence-corrected chi connectivity index (χ4v) is 3.23. The van der Waals surface area contributed by atoms with E-state index in [-0.39, 0.29) is 0 Å². The largest absolute Gasteiger partial charge is 0.368 e. The predicted molar refractivity (Wildman–Crippen MR) is 101 cm³/mol. The van der Waals surface area contributed by atoms with E-state index in [0.29, 0.717) is 0 Å². The van der Waals surface area contributed by atoms with Crippen LogP contribution in [0.5, 0.6) is 0 Å². The highest BCUT2D eigenvalue weighted by molar-refractivity contribution is 5.66. The highest BCUT2D eigenvalue weighted by Crippen LogP contribution is 2.24. The number of anilines is 2. The lowest BCUT2D eigenvalue weighted by atomic mass is 10.1. The topological polar surface area (TPSA) is 19.4 Å². The summed E-state index contributed by atoms with van der Waals surface area (Å²) in [7, 11) is 0. The molecule has 1 aromatic heterocycles. The lowest BCUT2D eigenvalue weighted by Crippen LogP contribution is -2.46. The number of aromatic nitrogens is 1. The van der Waals surface area contributed by atoms with Crippen LogP contribution in [0, 0.1) is 0 Å². The molecule has 1 aliphatic rings. The Kier molecular flexibility index (Phi) is 4.15. The summed E-state index contributed by atoms with van der Waals surface area (Å²) < 4.78 is 0. The zero-order valence-corrected chi connectivity index (χ0v) is 13.7. The van der Waals surface area contributed by atoms with Crippen LogP contribution in [0.3, 0.4) is 0 Å². The quantitative estimate of drug-likeness (QED) is 0.726. The molecule has 1 saturated heterocycles. The van der Waals surface area contributed by atoms with Crippen molar-refractivity contribution in [1.82, 2.24) is 4.98 Å². The SMILES string of the molecule is c1ccc(-c2ccc(N3CCN(c4ccccn4)CC3)cc2)cc1. The van der Waals surface area contributed by atoms with Gasteiger partial charge in [0.2, 0.25) is 0 Å². The first-order valence-electron chi connectivity index (χ1n) is 8.46. The number of piperazine rings is 1. The van der Waals surface area contributed by atoms with Gasteiger partial charge in [-0.1, -0.05) is 48.5 Å². The molecule has 3 nitrogen and oxygen atoms in total. The second-order valence-corrected chi connectivity index (χ2v) is 6.07. The summed E-state index contributed by atoms with van der Waals surface area (Å²) in [6.45, 7) is 4.08. The molecule has 0 N–H and O–H groups in total. The molecule has 1 fully saturated rings. The molecule has 2 heterocycles. The van der Waals surface area contributed by atoms with Crippen LogP contribution in [-0.4, -0.2) is 31.2 Å². The Balaban J connectivity index is 1.43. The molecule has 0 amide bonds. The third-order valence-corrected chi connectivity index (χ3v) is 4.59. The monoisotopic (exact) mass is 315 g/mol. The van der Waals surface area contributed by atoms with Gasteiger partial charge in [0, 0.05) is 38.1 Å². The fraction of sp³-hybridized carbons (Fsp3) is 0.190. The van der Waals surface area contributed by atoms with E-state index in [2.05, 4.69) is 81.5 Å². The van der Waals surface area contributed by atoms with E-state index in [4.69, 9.17) is 0 Å². The van der Waals surface area contributed by atoms with Crippen LogP contribution >= 0.6 is 0 Å². The summed E-state index contributed by atoms with van der Waals surface area (Å²) in [4.78, 5) is 9.26. The molecule has 0 spiro atoms. The maximum Gasteiger partial charge on any atom is 0.128 e. The van der Waals surface area contributed by atoms with Crippen molar-refractivity contribution < 1.29 is 0 Å². The summed E-state index contributed by atoms with van der Waals surface area (Å²) in [5, 5.41) is 0. The Morgan fingerprint density at radius 1 is 0.583 bits per heavy atom. The summed E-state index contributed by atoms with van der Waals surface area (Å²) in [5.74, 6) is 1.08. The van der Waals surface area contributed by atoms with Gasteiger partial charge in [-0.05, 0) is 35.4 Å². The molecule has 0 atom stereocenters. The second-order valence-electron chi connectivity index (χ2n) is 6.07. The van der Waals surface area contributed by atoms with E-state index < -0.39 is 0 Å². The zero-order chi connectivity index (χ0) is 16.2. The number of hydrogen-bond donors (Lipinski definition) is 0. The molecule has 24 heavy (non-hydrogen) atoms. The Hall–Kier alpha value is -2.81. The summed E-state index contributed by atoms with van der Waals surface area (Å²) in [6.07, 6.45) is 1.87. The van der Waals surface area contributed by atoms with Gasteiger partial charge in [0.1, 0.15) is 5.82 Å². The molecule has 0 aliphatic carbocycles. The van der Waals surface area contributed by atoms with E-state index in [9.17, 15) is 0 Å². The molecular weight excluding hydrogens is 294 g/mol. The summed E-state index contributed by atoms with van der Waals surface area (Å²) >= 11 is 0. The van der Waals surface area contributed by atoms with Crippen molar-refractivity contribution in [3.8, 4) is 11.1 Å². The van der Waals surface area contributed by atoms with Crippen molar-refractivity contribution in [3.05, 3.63) is 79.0 Å². The smallest absolute Gasteiger partial charge is 0.128 e. The maximum absolute atomic E-state index is 4.45. The van der Waals surface area contributed by atoms with Gasteiger partial charge >= 0.3 is 0 Å². The lowest BCUT2D eigenvalue weighted by molar-refractivity contribution is 0.647. The number of pyridine rings is 1. The molecule has 120 valence electrons. The van der Waals surface area contributed by atoms with Gasteiger partial charge in [0.15, 0.2) is 0 Å². The van der Waals surface area contributed by atoms with Crippen LogP contribution in [-0.2, 0) is 0 Å². The van der Waals surface area contributed by atoms with Crippen LogP contribution < -0.4 is 9.80 Å². The Bertz CT molecular complexity index is 761. The average molecular weight is 315 g/mol. The third-order valence-electron chi connectivity index (χ3n) is 4.59. The van der Waals surface area contributed by atoms with Gasteiger partial charge in [-0.2, -0.15) is 0 Å². The number of benzene rings is 2. The summed E-state index contributed by atoms with van der Waals surface area (Å²) in [6, 6.07) is 25.5. The molecule has 0 bridgehead atoms. The summed E-state index contributed by atoms with van der Waals surface area (Å²) in [5.41, 5.74) is 3.84. The van der Waals surface area contributed by atoms with Crippen molar-refractivity contribution >= 4 is 11.5 Å². The first kappa shape index (κ1) is 14.8.